The van der Waals surface area contributed by atoms with Crippen LogP contribution in [0.1, 0.15) is 412 Å². The predicted octanol–water partition coefficient (Wildman–Crippen LogP) is 23.1. The molecule has 78 heavy (non-hydrogen) atoms. The predicted molar refractivity (Wildman–Crippen MR) is 343 cm³/mol. The maximum atomic E-state index is 12.5. The molecular formula is C72H141NO5. The first-order valence-corrected chi connectivity index (χ1v) is 35.9. The van der Waals surface area contributed by atoms with Crippen molar-refractivity contribution in [2.24, 2.45) is 0 Å². The topological polar surface area (TPSA) is 95.9 Å². The molecule has 6 heteroatoms. The normalized spacial score (nSPS) is 12.5. The van der Waals surface area contributed by atoms with Gasteiger partial charge in [-0.15, -0.1) is 0 Å². The van der Waals surface area contributed by atoms with E-state index in [9.17, 15) is 19.8 Å². The summed E-state index contributed by atoms with van der Waals surface area (Å²) in [5.74, 6) is -0.0148. The van der Waals surface area contributed by atoms with Crippen LogP contribution in [0.3, 0.4) is 0 Å². The van der Waals surface area contributed by atoms with Crippen molar-refractivity contribution < 1.29 is 24.5 Å². The molecule has 3 N–H and O–H groups in total. The highest BCUT2D eigenvalue weighted by atomic mass is 16.5. The molecule has 6 nitrogen and oxygen atoms in total. The quantitative estimate of drug-likeness (QED) is 0.0320. The van der Waals surface area contributed by atoms with Crippen LogP contribution in [0.15, 0.2) is 12.2 Å². The molecule has 0 aromatic rings. The molecule has 0 saturated carbocycles. The summed E-state index contributed by atoms with van der Waals surface area (Å²) in [7, 11) is 0. The standard InChI is InChI=1S/C72H141NO5/c1-3-5-7-9-11-13-15-17-19-33-37-40-44-48-52-56-60-64-70(75)69(68-74)73-71(76)65-61-57-53-49-45-41-38-34-31-29-27-25-23-21-20-22-24-26-28-30-32-35-39-43-47-51-55-59-63-67-78-72(77)66-62-58-54-50-46-42-36-18-16-14-12-10-8-6-4-2/h18,36,69-70,74-75H,3-17,19-35,37-68H2,1-2H3,(H,73,76)/b36-18-. The molecule has 464 valence electrons. The lowest BCUT2D eigenvalue weighted by Crippen LogP contribution is -2.45. The number of carbonyl (C=O) groups excluding carboxylic acids is 2. The van der Waals surface area contributed by atoms with E-state index in [1.807, 2.05) is 0 Å². The van der Waals surface area contributed by atoms with Crippen molar-refractivity contribution in [1.29, 1.82) is 0 Å². The van der Waals surface area contributed by atoms with Gasteiger partial charge in [-0.1, -0.05) is 360 Å². The Morgan fingerprint density at radius 1 is 0.346 bits per heavy atom. The first-order chi connectivity index (χ1) is 38.5. The van der Waals surface area contributed by atoms with Gasteiger partial charge in [0.05, 0.1) is 25.4 Å². The Bertz CT molecular complexity index is 1180. The summed E-state index contributed by atoms with van der Waals surface area (Å²) in [5.41, 5.74) is 0. The maximum Gasteiger partial charge on any atom is 0.305 e. The minimum atomic E-state index is -0.661. The zero-order valence-electron chi connectivity index (χ0n) is 53.2. The second-order valence-corrected chi connectivity index (χ2v) is 24.9. The van der Waals surface area contributed by atoms with Crippen molar-refractivity contribution >= 4 is 11.9 Å². The average Bonchev–Trinajstić information content (AvgIpc) is 3.44. The zero-order chi connectivity index (χ0) is 56.4. The summed E-state index contributed by atoms with van der Waals surface area (Å²) in [5, 5.41) is 23.4. The number of hydrogen-bond donors (Lipinski definition) is 3. The molecule has 0 aromatic heterocycles. The van der Waals surface area contributed by atoms with Gasteiger partial charge < -0.3 is 20.3 Å². The fraction of sp³-hybridized carbons (Fsp3) is 0.944. The molecule has 0 aromatic carbocycles. The van der Waals surface area contributed by atoms with Crippen LogP contribution in [0.25, 0.3) is 0 Å². The Labute approximate surface area is 489 Å². The first kappa shape index (κ1) is 76.6. The van der Waals surface area contributed by atoms with Gasteiger partial charge in [0.25, 0.3) is 0 Å². The van der Waals surface area contributed by atoms with Gasteiger partial charge in [0, 0.05) is 12.8 Å². The van der Waals surface area contributed by atoms with E-state index in [1.165, 1.54) is 334 Å². The molecule has 0 heterocycles. The number of nitrogens with one attached hydrogen (secondary N) is 1. The molecule has 0 bridgehead atoms. The van der Waals surface area contributed by atoms with Crippen LogP contribution in [-0.2, 0) is 14.3 Å². The number of ether oxygens (including phenoxy) is 1. The van der Waals surface area contributed by atoms with E-state index >= 15 is 0 Å². The lowest BCUT2D eigenvalue weighted by Gasteiger charge is -2.22. The third-order valence-corrected chi connectivity index (χ3v) is 17.1. The highest BCUT2D eigenvalue weighted by molar-refractivity contribution is 5.76. The number of amides is 1. The molecule has 1 amide bonds. The van der Waals surface area contributed by atoms with E-state index in [0.717, 1.165) is 44.9 Å². The Balaban J connectivity index is 3.33. The number of unbranched alkanes of at least 4 members (excludes halogenated alkanes) is 55. The van der Waals surface area contributed by atoms with Crippen LogP contribution in [0.5, 0.6) is 0 Å². The van der Waals surface area contributed by atoms with E-state index in [4.69, 9.17) is 4.74 Å². The highest BCUT2D eigenvalue weighted by Gasteiger charge is 2.20. The maximum absolute atomic E-state index is 12.5. The van der Waals surface area contributed by atoms with Crippen LogP contribution < -0.4 is 5.32 Å². The molecule has 0 radical (unpaired) electrons. The number of hydrogen-bond acceptors (Lipinski definition) is 5. The van der Waals surface area contributed by atoms with Crippen LogP contribution in [-0.4, -0.2) is 47.4 Å². The molecule has 0 aliphatic heterocycles. The fourth-order valence-electron chi connectivity index (χ4n) is 11.6. The number of aliphatic hydroxyl groups is 2. The van der Waals surface area contributed by atoms with Crippen molar-refractivity contribution in [3.8, 4) is 0 Å². The lowest BCUT2D eigenvalue weighted by molar-refractivity contribution is -0.143. The Hall–Kier alpha value is -1.40. The zero-order valence-corrected chi connectivity index (χ0v) is 53.2. The van der Waals surface area contributed by atoms with E-state index in [-0.39, 0.29) is 18.5 Å². The summed E-state index contributed by atoms with van der Waals surface area (Å²) in [6.07, 6.45) is 84.1. The van der Waals surface area contributed by atoms with E-state index in [0.29, 0.717) is 25.9 Å². The number of rotatable bonds is 68. The summed E-state index contributed by atoms with van der Waals surface area (Å²) in [6, 6.07) is -0.538. The summed E-state index contributed by atoms with van der Waals surface area (Å²) >= 11 is 0. The third kappa shape index (κ3) is 63.8. The van der Waals surface area contributed by atoms with Crippen LogP contribution in [0.2, 0.25) is 0 Å². The summed E-state index contributed by atoms with van der Waals surface area (Å²) in [4.78, 5) is 24.6. The van der Waals surface area contributed by atoms with Crippen LogP contribution in [0.4, 0.5) is 0 Å². The largest absolute Gasteiger partial charge is 0.466 e. The summed E-state index contributed by atoms with van der Waals surface area (Å²) in [6.45, 7) is 4.99. The first-order valence-electron chi connectivity index (χ1n) is 35.9. The Morgan fingerprint density at radius 2 is 0.603 bits per heavy atom. The van der Waals surface area contributed by atoms with Gasteiger partial charge in [-0.05, 0) is 51.4 Å². The molecule has 0 rings (SSSR count). The number of carbonyl (C=O) groups is 2. The molecular weight excluding hydrogens is 959 g/mol. The van der Waals surface area contributed by atoms with Crippen molar-refractivity contribution in [2.75, 3.05) is 13.2 Å². The second kappa shape index (κ2) is 68.1. The van der Waals surface area contributed by atoms with Gasteiger partial charge in [0.1, 0.15) is 0 Å². The van der Waals surface area contributed by atoms with Crippen molar-refractivity contribution in [2.45, 2.75) is 424 Å². The van der Waals surface area contributed by atoms with Crippen LogP contribution in [0, 0.1) is 0 Å². The molecule has 0 spiro atoms. The molecule has 0 fully saturated rings. The van der Waals surface area contributed by atoms with Gasteiger partial charge in [-0.3, -0.25) is 9.59 Å². The van der Waals surface area contributed by atoms with Gasteiger partial charge >= 0.3 is 5.97 Å². The van der Waals surface area contributed by atoms with E-state index < -0.39 is 12.1 Å². The number of esters is 1. The molecule has 0 saturated heterocycles. The van der Waals surface area contributed by atoms with Crippen molar-refractivity contribution in [3.63, 3.8) is 0 Å². The molecule has 2 atom stereocenters. The van der Waals surface area contributed by atoms with Gasteiger partial charge in [-0.25, -0.2) is 0 Å². The molecule has 0 aliphatic carbocycles. The van der Waals surface area contributed by atoms with Gasteiger partial charge in [0.2, 0.25) is 5.91 Å². The third-order valence-electron chi connectivity index (χ3n) is 17.1. The Morgan fingerprint density at radius 3 is 0.910 bits per heavy atom. The number of allylic oxidation sites excluding steroid dienone is 2. The number of aliphatic hydroxyl groups excluding tert-OH is 2. The van der Waals surface area contributed by atoms with E-state index in [2.05, 4.69) is 31.3 Å². The monoisotopic (exact) mass is 1100 g/mol. The highest BCUT2D eigenvalue weighted by Crippen LogP contribution is 2.19. The lowest BCUT2D eigenvalue weighted by atomic mass is 10.0. The fourth-order valence-corrected chi connectivity index (χ4v) is 11.6. The SMILES string of the molecule is CCCCCCCC/C=C\CCCCCCCC(=O)OCCCCCCCCCCCCCCCCCCCCCCCCCCCCCCCC(=O)NC(CO)C(O)CCCCCCCCCCCCCCCCCCC. The minimum Gasteiger partial charge on any atom is -0.466 e. The smallest absolute Gasteiger partial charge is 0.305 e. The average molecular weight is 1100 g/mol. The van der Waals surface area contributed by atoms with E-state index in [1.54, 1.807) is 0 Å². The van der Waals surface area contributed by atoms with Gasteiger partial charge in [0.15, 0.2) is 0 Å². The van der Waals surface area contributed by atoms with Crippen LogP contribution >= 0.6 is 0 Å². The second-order valence-electron chi connectivity index (χ2n) is 24.9. The minimum absolute atomic E-state index is 0.0125. The molecule has 2 unspecified atom stereocenters. The van der Waals surface area contributed by atoms with Gasteiger partial charge in [-0.2, -0.15) is 0 Å². The van der Waals surface area contributed by atoms with Crippen molar-refractivity contribution in [1.82, 2.24) is 5.32 Å². The Kier molecular flexibility index (Phi) is 66.9. The van der Waals surface area contributed by atoms with Crippen molar-refractivity contribution in [3.05, 3.63) is 12.2 Å². The summed E-state index contributed by atoms with van der Waals surface area (Å²) < 4.78 is 5.49. The molecule has 0 aliphatic rings.